The first-order chi connectivity index (χ1) is 17.4. The van der Waals surface area contributed by atoms with E-state index in [1.54, 1.807) is 24.3 Å². The summed E-state index contributed by atoms with van der Waals surface area (Å²) in [4.78, 5) is 25.8. The fraction of sp³-hybridized carbons (Fsp3) is 0.333. The third-order valence-electron chi connectivity index (χ3n) is 7.43. The van der Waals surface area contributed by atoms with Gasteiger partial charge in [-0.3, -0.25) is 0 Å². The molecular weight excluding hydrogens is 454 g/mol. The molecule has 6 nitrogen and oxygen atoms in total. The number of fused-ring (bicyclic) bond motifs is 3. The average Bonchev–Trinajstić information content (AvgIpc) is 3.22. The second-order valence-corrected chi connectivity index (χ2v) is 9.64. The van der Waals surface area contributed by atoms with Crippen LogP contribution in [0.1, 0.15) is 48.2 Å². The van der Waals surface area contributed by atoms with Crippen molar-refractivity contribution in [2.24, 2.45) is 5.92 Å². The summed E-state index contributed by atoms with van der Waals surface area (Å²) >= 11 is 0. The molecule has 1 fully saturated rings. The Morgan fingerprint density at radius 1 is 0.806 bits per heavy atom. The highest BCUT2D eigenvalue weighted by Gasteiger charge is 2.44. The molecule has 1 amide bonds. The Morgan fingerprint density at radius 3 is 2.03 bits per heavy atom. The molecule has 1 N–H and O–H groups in total. The molecule has 6 heteroatoms. The molecule has 0 saturated carbocycles. The summed E-state index contributed by atoms with van der Waals surface area (Å²) in [5.74, 6) is -0.563. The van der Waals surface area contributed by atoms with Crippen molar-refractivity contribution < 1.29 is 23.8 Å². The number of carbonyl (C=O) groups excluding carboxylic acids is 2. The molecule has 5 atom stereocenters. The lowest BCUT2D eigenvalue weighted by molar-refractivity contribution is -0.145. The van der Waals surface area contributed by atoms with Gasteiger partial charge in [-0.1, -0.05) is 73.7 Å². The number of alkyl carbamates (subject to hydrolysis) is 1. The molecule has 1 saturated heterocycles. The quantitative estimate of drug-likeness (QED) is 0.479. The first-order valence-corrected chi connectivity index (χ1v) is 12.5. The normalized spacial score (nSPS) is 24.9. The second kappa shape index (κ2) is 10.2. The highest BCUT2D eigenvalue weighted by Crippen LogP contribution is 2.44. The van der Waals surface area contributed by atoms with Gasteiger partial charge in [0.2, 0.25) is 0 Å². The van der Waals surface area contributed by atoms with Crippen LogP contribution in [0.5, 0.6) is 0 Å². The Kier molecular flexibility index (Phi) is 6.79. The van der Waals surface area contributed by atoms with Gasteiger partial charge in [-0.2, -0.15) is 0 Å². The maximum Gasteiger partial charge on any atom is 0.407 e. The minimum atomic E-state index is -0.649. The van der Waals surface area contributed by atoms with Crippen LogP contribution >= 0.6 is 0 Å². The van der Waals surface area contributed by atoms with Crippen LogP contribution < -0.4 is 5.32 Å². The molecule has 1 heterocycles. The van der Waals surface area contributed by atoms with Gasteiger partial charge in [-0.05, 0) is 48.2 Å². The molecule has 5 unspecified atom stereocenters. The largest absolute Gasteiger partial charge is 0.454 e. The predicted octanol–water partition coefficient (Wildman–Crippen LogP) is 5.56. The molecule has 3 aromatic rings. The number of ether oxygens (including phenoxy) is 3. The van der Waals surface area contributed by atoms with Crippen molar-refractivity contribution in [3.05, 3.63) is 95.6 Å². The minimum Gasteiger partial charge on any atom is -0.454 e. The lowest BCUT2D eigenvalue weighted by Gasteiger charge is -2.43. The first-order valence-electron chi connectivity index (χ1n) is 12.5. The van der Waals surface area contributed by atoms with Gasteiger partial charge in [0, 0.05) is 11.8 Å². The number of rotatable bonds is 5. The van der Waals surface area contributed by atoms with E-state index < -0.39 is 24.2 Å². The van der Waals surface area contributed by atoms with Crippen LogP contribution in [0.4, 0.5) is 4.79 Å². The van der Waals surface area contributed by atoms with E-state index >= 15 is 0 Å². The van der Waals surface area contributed by atoms with Gasteiger partial charge in [0.15, 0.2) is 0 Å². The summed E-state index contributed by atoms with van der Waals surface area (Å²) in [6.45, 7) is 6.02. The summed E-state index contributed by atoms with van der Waals surface area (Å²) in [6.07, 6.45) is -1.69. The van der Waals surface area contributed by atoms with Crippen molar-refractivity contribution in [1.29, 1.82) is 0 Å². The maximum absolute atomic E-state index is 13.0. The molecule has 5 rings (SSSR count). The number of hydrogen-bond donors (Lipinski definition) is 1. The number of hydrogen-bond acceptors (Lipinski definition) is 5. The summed E-state index contributed by atoms with van der Waals surface area (Å²) in [5, 5.41) is 2.99. The van der Waals surface area contributed by atoms with Crippen LogP contribution in [0.25, 0.3) is 11.1 Å². The van der Waals surface area contributed by atoms with Crippen LogP contribution in [0.2, 0.25) is 0 Å². The zero-order valence-electron chi connectivity index (χ0n) is 20.7. The number of nitrogens with one attached hydrogen (secondary N) is 1. The van der Waals surface area contributed by atoms with Gasteiger partial charge in [0.25, 0.3) is 0 Å². The van der Waals surface area contributed by atoms with Crippen molar-refractivity contribution in [2.75, 3.05) is 6.61 Å². The molecule has 0 spiro atoms. The molecule has 3 aromatic carbocycles. The number of benzene rings is 3. The van der Waals surface area contributed by atoms with E-state index in [9.17, 15) is 9.59 Å². The van der Waals surface area contributed by atoms with E-state index in [1.807, 2.05) is 51.1 Å². The zero-order valence-corrected chi connectivity index (χ0v) is 20.7. The van der Waals surface area contributed by atoms with Crippen molar-refractivity contribution >= 4 is 12.1 Å². The lowest BCUT2D eigenvalue weighted by atomic mass is 9.86. The third-order valence-corrected chi connectivity index (χ3v) is 7.43. The predicted molar refractivity (Wildman–Crippen MR) is 137 cm³/mol. The zero-order chi connectivity index (χ0) is 25.2. The van der Waals surface area contributed by atoms with Crippen molar-refractivity contribution in [1.82, 2.24) is 5.32 Å². The molecule has 36 heavy (non-hydrogen) atoms. The monoisotopic (exact) mass is 485 g/mol. The summed E-state index contributed by atoms with van der Waals surface area (Å²) < 4.78 is 17.6. The topological polar surface area (TPSA) is 73.9 Å². The van der Waals surface area contributed by atoms with Crippen LogP contribution in [0, 0.1) is 5.92 Å². The molecule has 0 bridgehead atoms. The van der Waals surface area contributed by atoms with Crippen LogP contribution in [0.15, 0.2) is 78.9 Å². The first kappa shape index (κ1) is 24.1. The smallest absolute Gasteiger partial charge is 0.407 e. The number of carbonyl (C=O) groups is 2. The Balaban J connectivity index is 1.29. The van der Waals surface area contributed by atoms with Crippen molar-refractivity contribution in [3.63, 3.8) is 0 Å². The fourth-order valence-corrected chi connectivity index (χ4v) is 5.35. The van der Waals surface area contributed by atoms with Gasteiger partial charge in [-0.25, -0.2) is 9.59 Å². The SMILES string of the molecule is CC1OC(C)C(OC(=O)c2ccccc2)C(NC(=O)OCC2c3ccccc3-c3ccccc32)C1C. The Morgan fingerprint density at radius 2 is 1.39 bits per heavy atom. The number of esters is 1. The van der Waals surface area contributed by atoms with Gasteiger partial charge in [0.1, 0.15) is 12.7 Å². The third kappa shape index (κ3) is 4.61. The fourth-order valence-electron chi connectivity index (χ4n) is 5.35. The second-order valence-electron chi connectivity index (χ2n) is 9.64. The summed E-state index contributed by atoms with van der Waals surface area (Å²) in [6, 6.07) is 24.8. The summed E-state index contributed by atoms with van der Waals surface area (Å²) in [7, 11) is 0. The van der Waals surface area contributed by atoms with Crippen molar-refractivity contribution in [3.8, 4) is 11.1 Å². The van der Waals surface area contributed by atoms with Gasteiger partial charge in [0.05, 0.1) is 23.8 Å². The Labute approximate surface area is 211 Å². The van der Waals surface area contributed by atoms with Crippen LogP contribution in [-0.4, -0.2) is 43.0 Å². The molecule has 0 radical (unpaired) electrons. The maximum atomic E-state index is 13.0. The Hall–Kier alpha value is -3.64. The average molecular weight is 486 g/mol. The van der Waals surface area contributed by atoms with Crippen LogP contribution in [0.3, 0.4) is 0 Å². The number of amides is 1. The molecule has 2 aliphatic rings. The highest BCUT2D eigenvalue weighted by molar-refractivity contribution is 5.89. The standard InChI is InChI=1S/C30H31NO5/c1-18-19(2)35-20(3)28(36-29(32)21-11-5-4-6-12-21)27(18)31-30(33)34-17-26-24-15-9-7-13-22(24)23-14-8-10-16-25(23)26/h4-16,18-20,26-28H,17H2,1-3H3,(H,31,33). The van der Waals surface area contributed by atoms with E-state index in [0.29, 0.717) is 5.56 Å². The van der Waals surface area contributed by atoms with Crippen molar-refractivity contribution in [2.45, 2.75) is 51.0 Å². The molecular formula is C30H31NO5. The molecule has 1 aliphatic carbocycles. The van der Waals surface area contributed by atoms with Gasteiger partial charge >= 0.3 is 12.1 Å². The highest BCUT2D eigenvalue weighted by atomic mass is 16.6. The molecule has 186 valence electrons. The van der Waals surface area contributed by atoms with Gasteiger partial charge < -0.3 is 19.5 Å². The van der Waals surface area contributed by atoms with E-state index in [2.05, 4.69) is 29.6 Å². The molecule has 0 aromatic heterocycles. The van der Waals surface area contributed by atoms with E-state index in [0.717, 1.165) is 11.1 Å². The lowest BCUT2D eigenvalue weighted by Crippen LogP contribution is -2.60. The van der Waals surface area contributed by atoms with E-state index in [-0.39, 0.29) is 30.7 Å². The van der Waals surface area contributed by atoms with Crippen LogP contribution in [-0.2, 0) is 14.2 Å². The van der Waals surface area contributed by atoms with Gasteiger partial charge in [-0.15, -0.1) is 0 Å². The van der Waals surface area contributed by atoms with E-state index in [4.69, 9.17) is 14.2 Å². The summed E-state index contributed by atoms with van der Waals surface area (Å²) in [5.41, 5.74) is 5.12. The Bertz CT molecular complexity index is 1200. The minimum absolute atomic E-state index is 0.0279. The van der Waals surface area contributed by atoms with E-state index in [1.165, 1.54) is 11.1 Å². The molecule has 1 aliphatic heterocycles.